The number of nitrogens with one attached hydrogen (secondary N) is 2. The first-order chi connectivity index (χ1) is 10.0. The molecule has 2 rings (SSSR count). The number of benzene rings is 2. The normalized spacial score (nSPS) is 10.2. The van der Waals surface area contributed by atoms with Gasteiger partial charge in [0.2, 0.25) is 0 Å². The predicted octanol–water partition coefficient (Wildman–Crippen LogP) is 5.16. The zero-order valence-electron chi connectivity index (χ0n) is 12.3. The van der Waals surface area contributed by atoms with Crippen molar-refractivity contribution in [1.82, 2.24) is 0 Å². The molecule has 0 heterocycles. The summed E-state index contributed by atoms with van der Waals surface area (Å²) >= 11 is 0. The Morgan fingerprint density at radius 2 is 1.95 bits per heavy atom. The SMILES string of the molecule is C=C(C)c1cc(C=N)c(Nc2ccc(F)cc2)cc1CC. The second-order valence-corrected chi connectivity index (χ2v) is 5.01. The molecular weight excluding hydrogens is 263 g/mol. The second kappa shape index (κ2) is 6.35. The molecule has 0 spiro atoms. The zero-order valence-corrected chi connectivity index (χ0v) is 12.3. The van der Waals surface area contributed by atoms with Crippen molar-refractivity contribution in [3.05, 3.63) is 65.5 Å². The van der Waals surface area contributed by atoms with Crippen LogP contribution in [0, 0.1) is 11.2 Å². The maximum absolute atomic E-state index is 13.0. The Bertz CT molecular complexity index is 672. The molecule has 0 aromatic heterocycles. The van der Waals surface area contributed by atoms with E-state index in [9.17, 15) is 4.39 Å². The highest BCUT2D eigenvalue weighted by molar-refractivity contribution is 5.90. The fourth-order valence-corrected chi connectivity index (χ4v) is 2.27. The molecule has 0 aliphatic heterocycles. The van der Waals surface area contributed by atoms with Crippen molar-refractivity contribution in [2.24, 2.45) is 0 Å². The Kier molecular flexibility index (Phi) is 4.53. The van der Waals surface area contributed by atoms with Crippen LogP contribution >= 0.6 is 0 Å². The van der Waals surface area contributed by atoms with E-state index in [2.05, 4.69) is 18.8 Å². The van der Waals surface area contributed by atoms with Gasteiger partial charge in [-0.1, -0.05) is 19.1 Å². The van der Waals surface area contributed by atoms with Gasteiger partial charge < -0.3 is 10.7 Å². The predicted molar refractivity (Wildman–Crippen MR) is 88.1 cm³/mol. The molecule has 0 saturated heterocycles. The van der Waals surface area contributed by atoms with Crippen LogP contribution < -0.4 is 5.32 Å². The van der Waals surface area contributed by atoms with E-state index >= 15 is 0 Å². The van der Waals surface area contributed by atoms with Gasteiger partial charge in [-0.05, 0) is 60.9 Å². The van der Waals surface area contributed by atoms with Crippen LogP contribution in [0.3, 0.4) is 0 Å². The van der Waals surface area contributed by atoms with Gasteiger partial charge in [0.1, 0.15) is 5.82 Å². The van der Waals surface area contributed by atoms with Crippen LogP contribution in [0.2, 0.25) is 0 Å². The number of hydrogen-bond donors (Lipinski definition) is 2. The van der Waals surface area contributed by atoms with E-state index in [0.29, 0.717) is 0 Å². The molecule has 0 bridgehead atoms. The average Bonchev–Trinajstić information content (AvgIpc) is 2.48. The molecule has 0 saturated carbocycles. The molecule has 0 amide bonds. The van der Waals surface area contributed by atoms with Crippen LogP contribution in [0.25, 0.3) is 5.57 Å². The van der Waals surface area contributed by atoms with Crippen LogP contribution in [0.1, 0.15) is 30.5 Å². The van der Waals surface area contributed by atoms with Crippen LogP contribution in [0.5, 0.6) is 0 Å². The van der Waals surface area contributed by atoms with Crippen molar-refractivity contribution in [2.75, 3.05) is 5.32 Å². The number of anilines is 2. The van der Waals surface area contributed by atoms with Gasteiger partial charge in [0.25, 0.3) is 0 Å². The Morgan fingerprint density at radius 3 is 2.48 bits per heavy atom. The third kappa shape index (κ3) is 3.37. The molecular formula is C18H19FN2. The molecule has 0 fully saturated rings. The molecule has 0 aliphatic carbocycles. The Labute approximate surface area is 124 Å². The van der Waals surface area contributed by atoms with Gasteiger partial charge in [0.05, 0.1) is 0 Å². The summed E-state index contributed by atoms with van der Waals surface area (Å²) in [7, 11) is 0. The molecule has 2 aromatic rings. The Balaban J connectivity index is 2.44. The first kappa shape index (κ1) is 15.0. The van der Waals surface area contributed by atoms with E-state index in [0.717, 1.165) is 34.5 Å². The lowest BCUT2D eigenvalue weighted by Gasteiger charge is -2.15. The summed E-state index contributed by atoms with van der Waals surface area (Å²) in [4.78, 5) is 0. The lowest BCUT2D eigenvalue weighted by Crippen LogP contribution is -2.00. The van der Waals surface area contributed by atoms with Gasteiger partial charge >= 0.3 is 0 Å². The number of halogens is 1. The largest absolute Gasteiger partial charge is 0.355 e. The van der Waals surface area contributed by atoms with E-state index in [1.165, 1.54) is 23.9 Å². The molecule has 0 atom stereocenters. The third-order valence-electron chi connectivity index (χ3n) is 3.39. The summed E-state index contributed by atoms with van der Waals surface area (Å²) in [5.74, 6) is -0.264. The first-order valence-electron chi connectivity index (χ1n) is 6.91. The van der Waals surface area contributed by atoms with E-state index < -0.39 is 0 Å². The van der Waals surface area contributed by atoms with Gasteiger partial charge in [-0.25, -0.2) is 4.39 Å². The maximum atomic E-state index is 13.0. The molecule has 21 heavy (non-hydrogen) atoms. The van der Waals surface area contributed by atoms with E-state index in [4.69, 9.17) is 5.41 Å². The van der Waals surface area contributed by atoms with Gasteiger partial charge in [0.15, 0.2) is 0 Å². The van der Waals surface area contributed by atoms with Crippen molar-refractivity contribution in [3.63, 3.8) is 0 Å². The molecule has 2 aromatic carbocycles. The van der Waals surface area contributed by atoms with Crippen molar-refractivity contribution in [2.45, 2.75) is 20.3 Å². The summed E-state index contributed by atoms with van der Waals surface area (Å²) in [5.41, 5.74) is 5.68. The highest BCUT2D eigenvalue weighted by Gasteiger charge is 2.09. The average molecular weight is 282 g/mol. The van der Waals surface area contributed by atoms with Crippen molar-refractivity contribution >= 4 is 23.2 Å². The highest BCUT2D eigenvalue weighted by Crippen LogP contribution is 2.28. The molecule has 2 N–H and O–H groups in total. The maximum Gasteiger partial charge on any atom is 0.123 e. The second-order valence-electron chi connectivity index (χ2n) is 5.01. The van der Waals surface area contributed by atoms with Crippen molar-refractivity contribution in [3.8, 4) is 0 Å². The molecule has 108 valence electrons. The summed E-state index contributed by atoms with van der Waals surface area (Å²) < 4.78 is 13.0. The highest BCUT2D eigenvalue weighted by atomic mass is 19.1. The van der Waals surface area contributed by atoms with Crippen LogP contribution in [-0.2, 0) is 6.42 Å². The molecule has 3 heteroatoms. The summed E-state index contributed by atoms with van der Waals surface area (Å²) in [6.07, 6.45) is 2.20. The summed E-state index contributed by atoms with van der Waals surface area (Å²) in [6, 6.07) is 10.2. The number of allylic oxidation sites excluding steroid dienone is 1. The van der Waals surface area contributed by atoms with Crippen molar-refractivity contribution < 1.29 is 4.39 Å². The summed E-state index contributed by atoms with van der Waals surface area (Å²) in [5, 5.41) is 10.8. The van der Waals surface area contributed by atoms with Gasteiger partial charge in [0, 0.05) is 23.2 Å². The molecule has 2 nitrogen and oxygen atoms in total. The Morgan fingerprint density at radius 1 is 1.29 bits per heavy atom. The van der Waals surface area contributed by atoms with E-state index in [1.807, 2.05) is 19.1 Å². The minimum Gasteiger partial charge on any atom is -0.355 e. The van der Waals surface area contributed by atoms with Crippen LogP contribution in [0.4, 0.5) is 15.8 Å². The topological polar surface area (TPSA) is 35.9 Å². The zero-order chi connectivity index (χ0) is 15.4. The molecule has 0 aliphatic rings. The number of aryl methyl sites for hydroxylation is 1. The van der Waals surface area contributed by atoms with Crippen LogP contribution in [-0.4, -0.2) is 6.21 Å². The van der Waals surface area contributed by atoms with Gasteiger partial charge in [-0.3, -0.25) is 0 Å². The fraction of sp³-hybridized carbons (Fsp3) is 0.167. The third-order valence-corrected chi connectivity index (χ3v) is 3.39. The molecule has 0 radical (unpaired) electrons. The van der Waals surface area contributed by atoms with Gasteiger partial charge in [-0.15, -0.1) is 0 Å². The number of rotatable bonds is 5. The minimum atomic E-state index is -0.264. The lowest BCUT2D eigenvalue weighted by molar-refractivity contribution is 0.628. The van der Waals surface area contributed by atoms with Gasteiger partial charge in [-0.2, -0.15) is 0 Å². The van der Waals surface area contributed by atoms with E-state index in [1.54, 1.807) is 12.1 Å². The number of hydrogen-bond acceptors (Lipinski definition) is 2. The summed E-state index contributed by atoms with van der Waals surface area (Å²) in [6.45, 7) is 8.05. The fourth-order valence-electron chi connectivity index (χ4n) is 2.27. The lowest BCUT2D eigenvalue weighted by atomic mass is 9.96. The minimum absolute atomic E-state index is 0.264. The van der Waals surface area contributed by atoms with Crippen molar-refractivity contribution in [1.29, 1.82) is 5.41 Å². The quantitative estimate of drug-likeness (QED) is 0.730. The van der Waals surface area contributed by atoms with Crippen LogP contribution in [0.15, 0.2) is 43.0 Å². The molecule has 0 unspecified atom stereocenters. The smallest absolute Gasteiger partial charge is 0.123 e. The monoisotopic (exact) mass is 282 g/mol. The Hall–Kier alpha value is -2.42. The first-order valence-corrected chi connectivity index (χ1v) is 6.91. The van der Waals surface area contributed by atoms with E-state index in [-0.39, 0.29) is 5.82 Å². The standard InChI is InChI=1S/C18H19FN2/c1-4-13-10-18(14(11-20)9-17(13)12(2)3)21-16-7-5-15(19)6-8-16/h5-11,20-21H,2,4H2,1,3H3.